The largest absolute Gasteiger partial charge is 0.272 e. The van der Waals surface area contributed by atoms with E-state index < -0.39 is 0 Å². The van der Waals surface area contributed by atoms with Gasteiger partial charge in [0.1, 0.15) is 0 Å². The molecular formula is C9H15ClN2. The van der Waals surface area contributed by atoms with Gasteiger partial charge in [0.2, 0.25) is 0 Å². The van der Waals surface area contributed by atoms with Gasteiger partial charge in [-0.05, 0) is 25.8 Å². The van der Waals surface area contributed by atoms with E-state index in [9.17, 15) is 0 Å². The second kappa shape index (κ2) is 3.48. The molecular weight excluding hydrogens is 172 g/mol. The molecule has 0 amide bonds. The van der Waals surface area contributed by atoms with Crippen LogP contribution in [-0.4, -0.2) is 9.78 Å². The van der Waals surface area contributed by atoms with E-state index in [1.807, 2.05) is 18.7 Å². The third-order valence-corrected chi connectivity index (χ3v) is 2.38. The monoisotopic (exact) mass is 186 g/mol. The standard InChI is InChI=1S/C9H15ClN2/c1-5-8-6(2)9(7(3)10)11-12(8)4/h7H,5H2,1-4H3. The highest BCUT2D eigenvalue weighted by atomic mass is 35.5. The maximum absolute atomic E-state index is 5.97. The molecule has 0 aliphatic rings. The van der Waals surface area contributed by atoms with E-state index in [-0.39, 0.29) is 5.38 Å². The van der Waals surface area contributed by atoms with E-state index in [2.05, 4.69) is 18.9 Å². The van der Waals surface area contributed by atoms with Crippen molar-refractivity contribution >= 4 is 11.6 Å². The van der Waals surface area contributed by atoms with Crippen molar-refractivity contribution in [3.8, 4) is 0 Å². The number of rotatable bonds is 2. The van der Waals surface area contributed by atoms with E-state index in [0.717, 1.165) is 12.1 Å². The van der Waals surface area contributed by atoms with Crippen LogP contribution in [0.1, 0.15) is 36.2 Å². The Morgan fingerprint density at radius 2 is 2.17 bits per heavy atom. The highest BCUT2D eigenvalue weighted by molar-refractivity contribution is 6.20. The van der Waals surface area contributed by atoms with Gasteiger partial charge in [0, 0.05) is 12.7 Å². The summed E-state index contributed by atoms with van der Waals surface area (Å²) in [6.07, 6.45) is 1.01. The summed E-state index contributed by atoms with van der Waals surface area (Å²) in [4.78, 5) is 0. The minimum atomic E-state index is 0.0106. The van der Waals surface area contributed by atoms with Gasteiger partial charge in [0.15, 0.2) is 0 Å². The summed E-state index contributed by atoms with van der Waals surface area (Å²) < 4.78 is 1.92. The second-order valence-corrected chi connectivity index (χ2v) is 3.70. The van der Waals surface area contributed by atoms with E-state index >= 15 is 0 Å². The highest BCUT2D eigenvalue weighted by Gasteiger charge is 2.13. The van der Waals surface area contributed by atoms with Crippen LogP contribution >= 0.6 is 11.6 Å². The lowest BCUT2D eigenvalue weighted by Gasteiger charge is -1.99. The Hall–Kier alpha value is -0.500. The molecule has 0 aromatic carbocycles. The first-order valence-electron chi connectivity index (χ1n) is 4.24. The average molecular weight is 187 g/mol. The topological polar surface area (TPSA) is 17.8 Å². The van der Waals surface area contributed by atoms with Crippen molar-refractivity contribution in [2.45, 2.75) is 32.6 Å². The van der Waals surface area contributed by atoms with E-state index in [0.29, 0.717) is 0 Å². The third kappa shape index (κ3) is 1.48. The summed E-state index contributed by atoms with van der Waals surface area (Å²) in [5.74, 6) is 0. The molecule has 0 aliphatic heterocycles. The third-order valence-electron chi connectivity index (χ3n) is 2.18. The van der Waals surface area contributed by atoms with Crippen LogP contribution in [0.25, 0.3) is 0 Å². The zero-order chi connectivity index (χ0) is 9.30. The van der Waals surface area contributed by atoms with Gasteiger partial charge in [-0.2, -0.15) is 5.10 Å². The summed E-state index contributed by atoms with van der Waals surface area (Å²) in [5, 5.41) is 4.38. The minimum Gasteiger partial charge on any atom is -0.272 e. The molecule has 0 spiro atoms. The van der Waals surface area contributed by atoms with Crippen molar-refractivity contribution in [1.29, 1.82) is 0 Å². The van der Waals surface area contributed by atoms with Crippen molar-refractivity contribution in [3.63, 3.8) is 0 Å². The van der Waals surface area contributed by atoms with Gasteiger partial charge in [-0.25, -0.2) is 0 Å². The van der Waals surface area contributed by atoms with Crippen LogP contribution in [0.2, 0.25) is 0 Å². The normalized spacial score (nSPS) is 13.4. The van der Waals surface area contributed by atoms with Gasteiger partial charge in [0.25, 0.3) is 0 Å². The van der Waals surface area contributed by atoms with Crippen LogP contribution in [0.4, 0.5) is 0 Å². The van der Waals surface area contributed by atoms with Crippen LogP contribution in [0, 0.1) is 6.92 Å². The summed E-state index contributed by atoms with van der Waals surface area (Å²) in [5.41, 5.74) is 3.52. The lowest BCUT2D eigenvalue weighted by molar-refractivity contribution is 0.702. The number of hydrogen-bond acceptors (Lipinski definition) is 1. The summed E-state index contributed by atoms with van der Waals surface area (Å²) in [7, 11) is 1.97. The fourth-order valence-electron chi connectivity index (χ4n) is 1.56. The Labute approximate surface area is 78.5 Å². The lowest BCUT2D eigenvalue weighted by Crippen LogP contribution is -1.96. The number of aryl methyl sites for hydroxylation is 1. The molecule has 12 heavy (non-hydrogen) atoms. The molecule has 0 saturated heterocycles. The van der Waals surface area contributed by atoms with Crippen molar-refractivity contribution in [2.24, 2.45) is 7.05 Å². The van der Waals surface area contributed by atoms with Gasteiger partial charge < -0.3 is 0 Å². The fourth-order valence-corrected chi connectivity index (χ4v) is 1.77. The predicted octanol–water partition coefficient (Wildman–Crippen LogP) is 2.59. The van der Waals surface area contributed by atoms with Crippen LogP contribution in [0.3, 0.4) is 0 Å². The van der Waals surface area contributed by atoms with Crippen LogP contribution in [0.5, 0.6) is 0 Å². The molecule has 1 heterocycles. The highest BCUT2D eigenvalue weighted by Crippen LogP contribution is 2.23. The fraction of sp³-hybridized carbons (Fsp3) is 0.667. The van der Waals surface area contributed by atoms with E-state index in [4.69, 9.17) is 11.6 Å². The number of alkyl halides is 1. The first kappa shape index (κ1) is 9.59. The molecule has 1 unspecified atom stereocenters. The van der Waals surface area contributed by atoms with Gasteiger partial charge in [-0.1, -0.05) is 6.92 Å². The van der Waals surface area contributed by atoms with E-state index in [1.54, 1.807) is 0 Å². The average Bonchev–Trinajstić information content (AvgIpc) is 2.27. The van der Waals surface area contributed by atoms with Crippen LogP contribution in [0.15, 0.2) is 0 Å². The Morgan fingerprint density at radius 3 is 2.42 bits per heavy atom. The number of hydrogen-bond donors (Lipinski definition) is 0. The molecule has 0 fully saturated rings. The molecule has 0 N–H and O–H groups in total. The van der Waals surface area contributed by atoms with Crippen molar-refractivity contribution in [2.75, 3.05) is 0 Å². The van der Waals surface area contributed by atoms with Gasteiger partial charge in [0.05, 0.1) is 11.1 Å². The predicted molar refractivity (Wildman–Crippen MR) is 51.6 cm³/mol. The van der Waals surface area contributed by atoms with Gasteiger partial charge in [-0.3, -0.25) is 4.68 Å². The van der Waals surface area contributed by atoms with Crippen LogP contribution in [-0.2, 0) is 13.5 Å². The lowest BCUT2D eigenvalue weighted by atomic mass is 10.1. The SMILES string of the molecule is CCc1c(C)c(C(C)Cl)nn1C. The number of nitrogens with zero attached hydrogens (tertiary/aromatic N) is 2. The molecule has 0 saturated carbocycles. The number of halogens is 1. The van der Waals surface area contributed by atoms with Crippen LogP contribution < -0.4 is 0 Å². The zero-order valence-corrected chi connectivity index (χ0v) is 8.81. The molecule has 0 radical (unpaired) electrons. The first-order valence-corrected chi connectivity index (χ1v) is 4.68. The first-order chi connectivity index (χ1) is 5.57. The minimum absolute atomic E-state index is 0.0106. The Balaban J connectivity index is 3.17. The Morgan fingerprint density at radius 1 is 1.58 bits per heavy atom. The molecule has 3 heteroatoms. The molecule has 0 bridgehead atoms. The van der Waals surface area contributed by atoms with Crippen molar-refractivity contribution < 1.29 is 0 Å². The van der Waals surface area contributed by atoms with Crippen molar-refractivity contribution in [3.05, 3.63) is 17.0 Å². The number of aromatic nitrogens is 2. The zero-order valence-electron chi connectivity index (χ0n) is 8.06. The molecule has 1 aromatic heterocycles. The Kier molecular flexibility index (Phi) is 2.78. The molecule has 0 aliphatic carbocycles. The smallest absolute Gasteiger partial charge is 0.0832 e. The quantitative estimate of drug-likeness (QED) is 0.650. The maximum Gasteiger partial charge on any atom is 0.0832 e. The summed E-state index contributed by atoms with van der Waals surface area (Å²) in [6, 6.07) is 0. The van der Waals surface area contributed by atoms with Gasteiger partial charge >= 0.3 is 0 Å². The second-order valence-electron chi connectivity index (χ2n) is 3.05. The Bertz CT molecular complexity index is 276. The summed E-state index contributed by atoms with van der Waals surface area (Å²) >= 11 is 5.97. The van der Waals surface area contributed by atoms with Crippen molar-refractivity contribution in [1.82, 2.24) is 9.78 Å². The summed E-state index contributed by atoms with van der Waals surface area (Å²) in [6.45, 7) is 6.17. The molecule has 2 nitrogen and oxygen atoms in total. The molecule has 1 atom stereocenters. The van der Waals surface area contributed by atoms with Gasteiger partial charge in [-0.15, -0.1) is 11.6 Å². The molecule has 68 valence electrons. The maximum atomic E-state index is 5.97. The molecule has 1 rings (SSSR count). The van der Waals surface area contributed by atoms with E-state index in [1.165, 1.54) is 11.3 Å². The molecule has 1 aromatic rings.